The molecule has 0 N–H and O–H groups in total. The van der Waals surface area contributed by atoms with Gasteiger partial charge in [-0.2, -0.15) is 0 Å². The van der Waals surface area contributed by atoms with Crippen molar-refractivity contribution in [2.24, 2.45) is 0 Å². The zero-order chi connectivity index (χ0) is 15.6. The number of ketones is 1. The van der Waals surface area contributed by atoms with Crippen molar-refractivity contribution in [2.75, 3.05) is 14.2 Å². The highest BCUT2D eigenvalue weighted by atomic mass is 35.5. The highest BCUT2D eigenvalue weighted by Crippen LogP contribution is 2.34. The molecule has 0 aromatic heterocycles. The monoisotopic (exact) mass is 344 g/mol. The minimum absolute atomic E-state index is 0.175. The van der Waals surface area contributed by atoms with Gasteiger partial charge in [-0.05, 0) is 30.3 Å². The maximum absolute atomic E-state index is 12.7. The molecule has 0 atom stereocenters. The number of carbonyl (C=O) groups excluding carboxylic acids is 1. The topological polar surface area (TPSA) is 35.5 Å². The van der Waals surface area contributed by atoms with Gasteiger partial charge in [-0.25, -0.2) is 0 Å². The molecule has 0 amide bonds. The molecule has 2 aromatic carbocycles. The van der Waals surface area contributed by atoms with Gasteiger partial charge in [-0.15, -0.1) is 0 Å². The third-order valence-corrected chi connectivity index (χ3v) is 3.70. The number of benzene rings is 2. The second kappa shape index (κ2) is 6.56. The summed E-state index contributed by atoms with van der Waals surface area (Å²) in [6, 6.07) is 7.84. The lowest BCUT2D eigenvalue weighted by Crippen LogP contribution is -2.06. The Labute approximate surface area is 137 Å². The summed E-state index contributed by atoms with van der Waals surface area (Å²) in [5.74, 6) is 0.570. The number of rotatable bonds is 4. The summed E-state index contributed by atoms with van der Waals surface area (Å²) >= 11 is 18.0. The van der Waals surface area contributed by atoms with Crippen molar-refractivity contribution in [3.8, 4) is 11.5 Å². The van der Waals surface area contributed by atoms with E-state index in [1.54, 1.807) is 18.2 Å². The largest absolute Gasteiger partial charge is 0.497 e. The molecule has 3 nitrogen and oxygen atoms in total. The number of hydrogen-bond donors (Lipinski definition) is 0. The lowest BCUT2D eigenvalue weighted by molar-refractivity contribution is 0.103. The summed E-state index contributed by atoms with van der Waals surface area (Å²) in [6.45, 7) is 0. The Kier molecular flexibility index (Phi) is 4.99. The highest BCUT2D eigenvalue weighted by molar-refractivity contribution is 6.43. The van der Waals surface area contributed by atoms with Gasteiger partial charge in [0.1, 0.15) is 11.5 Å². The molecule has 21 heavy (non-hydrogen) atoms. The lowest BCUT2D eigenvalue weighted by atomic mass is 10.0. The number of methoxy groups -OCH3 is 2. The second-order valence-electron chi connectivity index (χ2n) is 4.14. The first kappa shape index (κ1) is 16.0. The molecule has 0 heterocycles. The van der Waals surface area contributed by atoms with Crippen LogP contribution in [0, 0.1) is 0 Å². The van der Waals surface area contributed by atoms with E-state index in [-0.39, 0.29) is 21.4 Å². The van der Waals surface area contributed by atoms with Crippen LogP contribution in [0.3, 0.4) is 0 Å². The summed E-state index contributed by atoms with van der Waals surface area (Å²) in [7, 11) is 2.99. The number of ether oxygens (including phenoxy) is 2. The smallest absolute Gasteiger partial charge is 0.199 e. The zero-order valence-corrected chi connectivity index (χ0v) is 13.5. The average molecular weight is 346 g/mol. The van der Waals surface area contributed by atoms with Crippen molar-refractivity contribution >= 4 is 40.6 Å². The number of hydrogen-bond acceptors (Lipinski definition) is 3. The van der Waals surface area contributed by atoms with Crippen LogP contribution >= 0.6 is 34.8 Å². The summed E-state index contributed by atoms with van der Waals surface area (Å²) < 4.78 is 10.3. The minimum Gasteiger partial charge on any atom is -0.497 e. The highest BCUT2D eigenvalue weighted by Gasteiger charge is 2.21. The molecule has 0 aliphatic carbocycles. The first-order chi connectivity index (χ1) is 9.97. The molecule has 0 fully saturated rings. The average Bonchev–Trinajstić information content (AvgIpc) is 2.45. The van der Waals surface area contributed by atoms with Gasteiger partial charge in [0, 0.05) is 5.02 Å². The van der Waals surface area contributed by atoms with Crippen molar-refractivity contribution in [3.05, 3.63) is 56.5 Å². The summed E-state index contributed by atoms with van der Waals surface area (Å²) in [5, 5.41) is 0.726. The molecule has 0 spiro atoms. The first-order valence-electron chi connectivity index (χ1n) is 5.89. The van der Waals surface area contributed by atoms with Crippen LogP contribution in [0.2, 0.25) is 15.1 Å². The molecule has 110 valence electrons. The van der Waals surface area contributed by atoms with Crippen molar-refractivity contribution in [1.82, 2.24) is 0 Å². The molecule has 0 aliphatic heterocycles. The van der Waals surface area contributed by atoms with E-state index < -0.39 is 0 Å². The van der Waals surface area contributed by atoms with E-state index in [9.17, 15) is 4.79 Å². The van der Waals surface area contributed by atoms with Crippen LogP contribution in [0.25, 0.3) is 0 Å². The van der Waals surface area contributed by atoms with Gasteiger partial charge in [0.05, 0.1) is 35.4 Å². The van der Waals surface area contributed by atoms with Crippen LogP contribution in [0.15, 0.2) is 30.3 Å². The van der Waals surface area contributed by atoms with E-state index in [2.05, 4.69) is 0 Å². The molecule has 0 unspecified atom stereocenters. The van der Waals surface area contributed by atoms with E-state index in [0.29, 0.717) is 22.1 Å². The standard InChI is InChI=1S/C15H11Cl3O3/c1-20-9-3-4-13(21-2)10(7-9)15(19)14-11(17)5-8(16)6-12(14)18/h3-7H,1-2H3. The Morgan fingerprint density at radius 3 is 2.10 bits per heavy atom. The molecule has 6 heteroatoms. The van der Waals surface area contributed by atoms with E-state index in [0.717, 1.165) is 0 Å². The molecule has 2 rings (SSSR count). The molecule has 0 aliphatic rings. The quantitative estimate of drug-likeness (QED) is 0.740. The third kappa shape index (κ3) is 3.26. The fourth-order valence-corrected chi connectivity index (χ4v) is 2.87. The first-order valence-corrected chi connectivity index (χ1v) is 7.02. The normalized spacial score (nSPS) is 10.3. The van der Waals surface area contributed by atoms with Crippen LogP contribution in [0.4, 0.5) is 0 Å². The Balaban J connectivity index is 2.59. The van der Waals surface area contributed by atoms with E-state index in [1.807, 2.05) is 0 Å². The van der Waals surface area contributed by atoms with E-state index in [1.165, 1.54) is 26.4 Å². The maximum Gasteiger partial charge on any atom is 0.199 e. The van der Waals surface area contributed by atoms with Crippen LogP contribution in [-0.4, -0.2) is 20.0 Å². The number of halogens is 3. The van der Waals surface area contributed by atoms with Crippen LogP contribution < -0.4 is 9.47 Å². The van der Waals surface area contributed by atoms with Crippen molar-refractivity contribution in [2.45, 2.75) is 0 Å². The summed E-state index contributed by atoms with van der Waals surface area (Å²) in [5.41, 5.74) is 0.484. The van der Waals surface area contributed by atoms with Crippen LogP contribution in [0.1, 0.15) is 15.9 Å². The zero-order valence-electron chi connectivity index (χ0n) is 11.2. The SMILES string of the molecule is COc1ccc(OC)c(C(=O)c2c(Cl)cc(Cl)cc2Cl)c1. The fraction of sp³-hybridized carbons (Fsp3) is 0.133. The van der Waals surface area contributed by atoms with Crippen LogP contribution in [0.5, 0.6) is 11.5 Å². The molecule has 0 saturated heterocycles. The van der Waals surface area contributed by atoms with E-state index in [4.69, 9.17) is 44.3 Å². The van der Waals surface area contributed by atoms with Gasteiger partial charge in [0.25, 0.3) is 0 Å². The molecule has 2 aromatic rings. The third-order valence-electron chi connectivity index (χ3n) is 2.89. The lowest BCUT2D eigenvalue weighted by Gasteiger charge is -2.12. The summed E-state index contributed by atoms with van der Waals surface area (Å²) in [6.07, 6.45) is 0. The van der Waals surface area contributed by atoms with Crippen molar-refractivity contribution in [1.29, 1.82) is 0 Å². The summed E-state index contributed by atoms with van der Waals surface area (Å²) in [4.78, 5) is 12.7. The molecule has 0 saturated carbocycles. The predicted molar refractivity (Wildman–Crippen MR) is 84.5 cm³/mol. The van der Waals surface area contributed by atoms with Gasteiger partial charge in [0.2, 0.25) is 0 Å². The Morgan fingerprint density at radius 2 is 1.57 bits per heavy atom. The Bertz CT molecular complexity index is 676. The Hall–Kier alpha value is -1.42. The van der Waals surface area contributed by atoms with Gasteiger partial charge in [0.15, 0.2) is 5.78 Å². The van der Waals surface area contributed by atoms with Crippen molar-refractivity contribution in [3.63, 3.8) is 0 Å². The van der Waals surface area contributed by atoms with Crippen molar-refractivity contribution < 1.29 is 14.3 Å². The molecule has 0 radical (unpaired) electrons. The molecular weight excluding hydrogens is 335 g/mol. The minimum atomic E-state index is -0.364. The predicted octanol–water partition coefficient (Wildman–Crippen LogP) is 4.90. The number of carbonyl (C=O) groups is 1. The van der Waals surface area contributed by atoms with Gasteiger partial charge in [-0.3, -0.25) is 4.79 Å². The van der Waals surface area contributed by atoms with Gasteiger partial charge < -0.3 is 9.47 Å². The van der Waals surface area contributed by atoms with Gasteiger partial charge in [-0.1, -0.05) is 34.8 Å². The fourth-order valence-electron chi connectivity index (χ4n) is 1.89. The second-order valence-corrected chi connectivity index (χ2v) is 5.39. The molecule has 0 bridgehead atoms. The van der Waals surface area contributed by atoms with Gasteiger partial charge >= 0.3 is 0 Å². The molecular formula is C15H11Cl3O3. The van der Waals surface area contributed by atoms with E-state index >= 15 is 0 Å². The maximum atomic E-state index is 12.7. The Morgan fingerprint density at radius 1 is 0.952 bits per heavy atom. The van der Waals surface area contributed by atoms with Crippen LogP contribution in [-0.2, 0) is 0 Å².